The third-order valence-corrected chi connectivity index (χ3v) is 3.91. The molecule has 102 valence electrons. The number of rotatable bonds is 5. The Kier molecular flexibility index (Phi) is 5.74. The van der Waals surface area contributed by atoms with Crippen molar-refractivity contribution in [2.45, 2.75) is 20.3 Å². The predicted octanol–water partition coefficient (Wildman–Crippen LogP) is 1.57. The van der Waals surface area contributed by atoms with Crippen LogP contribution in [0.1, 0.15) is 36.2 Å². The maximum Gasteiger partial charge on any atom is 0.212 e. The van der Waals surface area contributed by atoms with E-state index >= 15 is 0 Å². The average molecular weight is 279 g/mol. The van der Waals surface area contributed by atoms with Gasteiger partial charge in [0.2, 0.25) is 10.0 Å². The van der Waals surface area contributed by atoms with Crippen LogP contribution in [0.15, 0.2) is 24.3 Å². The van der Waals surface area contributed by atoms with E-state index in [1.165, 1.54) is 6.92 Å². The van der Waals surface area contributed by atoms with E-state index in [9.17, 15) is 13.2 Å². The monoisotopic (exact) mass is 279 g/mol. The summed E-state index contributed by atoms with van der Waals surface area (Å²) in [5, 5.41) is 0. The van der Waals surface area contributed by atoms with Crippen molar-refractivity contribution in [1.29, 1.82) is 0 Å². The second-order valence-corrected chi connectivity index (χ2v) is 6.00. The molecule has 0 bridgehead atoms. The van der Waals surface area contributed by atoms with Crippen LogP contribution in [0.25, 0.3) is 0 Å². The molecular formula is C14H17NO3S. The number of Topliss-reactive ketones (excluding diaryl/α,β-unsaturated/α-hetero) is 1. The van der Waals surface area contributed by atoms with Gasteiger partial charge in [-0.15, -0.1) is 0 Å². The Labute approximate surface area is 114 Å². The summed E-state index contributed by atoms with van der Waals surface area (Å²) in [4.78, 5) is 11.1. The SMILES string of the molecule is CCCS(=O)(=O)NCC#Cc1ccc(C(C)=O)cc1. The fraction of sp³-hybridized carbons (Fsp3) is 0.357. The number of carbonyl (C=O) groups excluding carboxylic acids is 1. The summed E-state index contributed by atoms with van der Waals surface area (Å²) in [6.45, 7) is 3.40. The molecule has 0 radical (unpaired) electrons. The van der Waals surface area contributed by atoms with Gasteiger partial charge in [0.1, 0.15) is 0 Å². The molecule has 1 aromatic rings. The average Bonchev–Trinajstić information content (AvgIpc) is 2.35. The van der Waals surface area contributed by atoms with Crippen LogP contribution in [0, 0.1) is 11.8 Å². The van der Waals surface area contributed by atoms with Gasteiger partial charge in [0, 0.05) is 11.1 Å². The van der Waals surface area contributed by atoms with Crippen LogP contribution < -0.4 is 4.72 Å². The van der Waals surface area contributed by atoms with Crippen LogP contribution in [0.2, 0.25) is 0 Å². The van der Waals surface area contributed by atoms with Gasteiger partial charge in [0.15, 0.2) is 5.78 Å². The van der Waals surface area contributed by atoms with Gasteiger partial charge in [-0.3, -0.25) is 4.79 Å². The lowest BCUT2D eigenvalue weighted by Gasteiger charge is -2.00. The van der Waals surface area contributed by atoms with E-state index in [2.05, 4.69) is 16.6 Å². The Hall–Kier alpha value is -1.64. The Balaban J connectivity index is 2.57. The number of hydrogen-bond acceptors (Lipinski definition) is 3. The lowest BCUT2D eigenvalue weighted by atomic mass is 10.1. The number of hydrogen-bond donors (Lipinski definition) is 1. The van der Waals surface area contributed by atoms with Crippen molar-refractivity contribution in [2.24, 2.45) is 0 Å². The maximum atomic E-state index is 11.3. The molecule has 0 aromatic heterocycles. The van der Waals surface area contributed by atoms with Crippen molar-refractivity contribution in [1.82, 2.24) is 4.72 Å². The molecule has 4 nitrogen and oxygen atoms in total. The first-order valence-corrected chi connectivity index (χ1v) is 7.67. The van der Waals surface area contributed by atoms with E-state index in [1.807, 2.05) is 6.92 Å². The zero-order valence-electron chi connectivity index (χ0n) is 11.1. The van der Waals surface area contributed by atoms with Gasteiger partial charge >= 0.3 is 0 Å². The summed E-state index contributed by atoms with van der Waals surface area (Å²) in [7, 11) is -3.20. The van der Waals surface area contributed by atoms with E-state index in [4.69, 9.17) is 0 Å². The standard InChI is InChI=1S/C14H17NO3S/c1-3-11-19(17,18)15-10-4-5-13-6-8-14(9-7-13)12(2)16/h6-9,15H,3,10-11H2,1-2H3. The van der Waals surface area contributed by atoms with Crippen LogP contribution in [-0.4, -0.2) is 26.5 Å². The van der Waals surface area contributed by atoms with Crippen LogP contribution in [0.5, 0.6) is 0 Å². The van der Waals surface area contributed by atoms with Crippen molar-refractivity contribution >= 4 is 15.8 Å². The molecule has 0 amide bonds. The molecule has 0 atom stereocenters. The van der Waals surface area contributed by atoms with Crippen molar-refractivity contribution in [3.05, 3.63) is 35.4 Å². The number of ketones is 1. The second kappa shape index (κ2) is 7.07. The van der Waals surface area contributed by atoms with Crippen LogP contribution in [-0.2, 0) is 10.0 Å². The zero-order valence-corrected chi connectivity index (χ0v) is 11.9. The summed E-state index contributed by atoms with van der Waals surface area (Å²) in [6.07, 6.45) is 0.579. The van der Waals surface area contributed by atoms with E-state index in [0.717, 1.165) is 5.56 Å². The third-order valence-electron chi connectivity index (χ3n) is 2.38. The van der Waals surface area contributed by atoms with Gasteiger partial charge in [0.05, 0.1) is 12.3 Å². The lowest BCUT2D eigenvalue weighted by molar-refractivity contribution is 0.101. The molecule has 0 saturated heterocycles. The fourth-order valence-corrected chi connectivity index (χ4v) is 2.40. The van der Waals surface area contributed by atoms with Gasteiger partial charge in [-0.2, -0.15) is 0 Å². The second-order valence-electron chi connectivity index (χ2n) is 4.08. The molecule has 0 aliphatic rings. The molecule has 1 rings (SSSR count). The van der Waals surface area contributed by atoms with Crippen LogP contribution in [0.4, 0.5) is 0 Å². The van der Waals surface area contributed by atoms with E-state index < -0.39 is 10.0 Å². The highest BCUT2D eigenvalue weighted by Crippen LogP contribution is 2.03. The lowest BCUT2D eigenvalue weighted by Crippen LogP contribution is -2.26. The maximum absolute atomic E-state index is 11.3. The number of benzene rings is 1. The van der Waals surface area contributed by atoms with Crippen molar-refractivity contribution < 1.29 is 13.2 Å². The minimum Gasteiger partial charge on any atom is -0.295 e. The molecule has 0 fully saturated rings. The van der Waals surface area contributed by atoms with Crippen molar-refractivity contribution in [3.63, 3.8) is 0 Å². The molecule has 1 aromatic carbocycles. The van der Waals surface area contributed by atoms with Gasteiger partial charge in [-0.05, 0) is 25.5 Å². The highest BCUT2D eigenvalue weighted by atomic mass is 32.2. The van der Waals surface area contributed by atoms with Gasteiger partial charge in [0.25, 0.3) is 0 Å². The fourth-order valence-electron chi connectivity index (χ4n) is 1.42. The molecule has 0 aliphatic heterocycles. The highest BCUT2D eigenvalue weighted by molar-refractivity contribution is 7.89. The Morgan fingerprint density at radius 1 is 1.26 bits per heavy atom. The molecule has 19 heavy (non-hydrogen) atoms. The normalized spacial score (nSPS) is 10.6. The van der Waals surface area contributed by atoms with Gasteiger partial charge < -0.3 is 0 Å². The Bertz CT molecular complexity index is 592. The molecule has 0 spiro atoms. The summed E-state index contributed by atoms with van der Waals surface area (Å²) in [5.74, 6) is 5.70. The van der Waals surface area contributed by atoms with E-state index in [1.54, 1.807) is 24.3 Å². The first-order valence-electron chi connectivity index (χ1n) is 6.02. The number of carbonyl (C=O) groups is 1. The minimum atomic E-state index is -3.20. The van der Waals surface area contributed by atoms with Crippen LogP contribution in [0.3, 0.4) is 0 Å². The molecule has 0 saturated carbocycles. The molecule has 0 heterocycles. The Morgan fingerprint density at radius 3 is 2.42 bits per heavy atom. The first kappa shape index (κ1) is 15.4. The number of nitrogens with one attached hydrogen (secondary N) is 1. The quantitative estimate of drug-likeness (QED) is 0.657. The molecule has 5 heteroatoms. The summed E-state index contributed by atoms with van der Waals surface area (Å²) in [6, 6.07) is 6.88. The van der Waals surface area contributed by atoms with Crippen molar-refractivity contribution in [2.75, 3.05) is 12.3 Å². The summed E-state index contributed by atoms with van der Waals surface area (Å²) >= 11 is 0. The largest absolute Gasteiger partial charge is 0.295 e. The smallest absolute Gasteiger partial charge is 0.212 e. The molecule has 0 aliphatic carbocycles. The molecule has 1 N–H and O–H groups in total. The summed E-state index contributed by atoms with van der Waals surface area (Å²) in [5.41, 5.74) is 1.38. The zero-order chi connectivity index (χ0) is 14.3. The van der Waals surface area contributed by atoms with Crippen LogP contribution >= 0.6 is 0 Å². The van der Waals surface area contributed by atoms with Gasteiger partial charge in [-0.1, -0.05) is 30.9 Å². The minimum absolute atomic E-state index is 0.00633. The number of sulfonamides is 1. The van der Waals surface area contributed by atoms with E-state index in [0.29, 0.717) is 12.0 Å². The molecular weight excluding hydrogens is 262 g/mol. The topological polar surface area (TPSA) is 63.2 Å². The van der Waals surface area contributed by atoms with Crippen molar-refractivity contribution in [3.8, 4) is 11.8 Å². The van der Waals surface area contributed by atoms with E-state index in [-0.39, 0.29) is 18.1 Å². The predicted molar refractivity (Wildman–Crippen MR) is 75.4 cm³/mol. The third kappa shape index (κ3) is 5.69. The molecule has 0 unspecified atom stereocenters. The van der Waals surface area contributed by atoms with Gasteiger partial charge in [-0.25, -0.2) is 13.1 Å². The highest BCUT2D eigenvalue weighted by Gasteiger charge is 2.05. The first-order chi connectivity index (χ1) is 8.94. The summed E-state index contributed by atoms with van der Waals surface area (Å²) < 4.78 is 25.1. The Morgan fingerprint density at radius 2 is 1.89 bits per heavy atom.